The second kappa shape index (κ2) is 7.31. The molecular formula is C22H23N3O4. The molecule has 1 aliphatic rings. The summed E-state index contributed by atoms with van der Waals surface area (Å²) in [6, 6.07) is 9.24. The van der Waals surface area contributed by atoms with Gasteiger partial charge in [0, 0.05) is 18.2 Å². The van der Waals surface area contributed by atoms with Gasteiger partial charge in [0.15, 0.2) is 0 Å². The van der Waals surface area contributed by atoms with E-state index in [2.05, 4.69) is 10.1 Å². The van der Waals surface area contributed by atoms with Crippen molar-refractivity contribution in [3.8, 4) is 11.3 Å². The van der Waals surface area contributed by atoms with Crippen LogP contribution in [0.3, 0.4) is 0 Å². The van der Waals surface area contributed by atoms with Crippen molar-refractivity contribution in [1.82, 2.24) is 15.0 Å². The number of hydrogen-bond acceptors (Lipinski definition) is 5. The Balaban J connectivity index is 1.81. The number of benzene rings is 1. The highest BCUT2D eigenvalue weighted by Gasteiger charge is 2.36. The van der Waals surface area contributed by atoms with Crippen LogP contribution in [-0.4, -0.2) is 44.6 Å². The van der Waals surface area contributed by atoms with Gasteiger partial charge in [-0.1, -0.05) is 35.0 Å². The zero-order valence-corrected chi connectivity index (χ0v) is 16.7. The largest absolute Gasteiger partial charge is 0.481 e. The number of carbonyl (C=O) groups excluding carboxylic acids is 1. The summed E-state index contributed by atoms with van der Waals surface area (Å²) in [6.07, 6.45) is 1.24. The monoisotopic (exact) mass is 393 g/mol. The molecule has 1 saturated heterocycles. The number of carboxylic acid groups (broad SMARTS) is 1. The number of aliphatic carboxylic acids is 1. The van der Waals surface area contributed by atoms with Gasteiger partial charge in [-0.25, -0.2) is 4.98 Å². The Bertz CT molecular complexity index is 1090. The van der Waals surface area contributed by atoms with Crippen LogP contribution < -0.4 is 0 Å². The van der Waals surface area contributed by atoms with Crippen molar-refractivity contribution in [1.29, 1.82) is 0 Å². The van der Waals surface area contributed by atoms with Crippen LogP contribution in [0.15, 0.2) is 34.9 Å². The Morgan fingerprint density at radius 1 is 1.21 bits per heavy atom. The van der Waals surface area contributed by atoms with E-state index in [0.717, 1.165) is 11.1 Å². The number of carboxylic acids is 1. The maximum Gasteiger partial charge on any atom is 0.308 e. The average molecular weight is 393 g/mol. The zero-order chi connectivity index (χ0) is 20.7. The first-order chi connectivity index (χ1) is 13.9. The van der Waals surface area contributed by atoms with Crippen molar-refractivity contribution in [2.24, 2.45) is 5.92 Å². The number of nitrogens with zero attached hydrogens (tertiary/aromatic N) is 3. The van der Waals surface area contributed by atoms with Gasteiger partial charge in [-0.15, -0.1) is 0 Å². The summed E-state index contributed by atoms with van der Waals surface area (Å²) in [5, 5.41) is 14.1. The van der Waals surface area contributed by atoms with Gasteiger partial charge in [-0.3, -0.25) is 9.59 Å². The van der Waals surface area contributed by atoms with Crippen molar-refractivity contribution < 1.29 is 19.2 Å². The lowest BCUT2D eigenvalue weighted by Crippen LogP contribution is -2.49. The molecule has 7 heteroatoms. The maximum atomic E-state index is 13.5. The molecule has 1 amide bonds. The third-order valence-electron chi connectivity index (χ3n) is 5.76. The molecule has 150 valence electrons. The minimum absolute atomic E-state index is 0.212. The number of hydrogen-bond donors (Lipinski definition) is 1. The normalized spacial score (nSPS) is 19.5. The SMILES string of the molecule is Cc1ccc(-c2cc(C(=O)N3CCC[C@@H](C(=O)O)[C@H]3C)c3c(C)noc3n2)cc1. The second-order valence-electron chi connectivity index (χ2n) is 7.70. The predicted octanol–water partition coefficient (Wildman–Crippen LogP) is 3.83. The molecule has 2 aromatic heterocycles. The topological polar surface area (TPSA) is 96.5 Å². The number of carbonyl (C=O) groups is 2. The summed E-state index contributed by atoms with van der Waals surface area (Å²) in [4.78, 5) is 31.3. The van der Waals surface area contributed by atoms with Crippen LogP contribution in [0.4, 0.5) is 0 Å². The minimum Gasteiger partial charge on any atom is -0.481 e. The lowest BCUT2D eigenvalue weighted by atomic mass is 9.89. The van der Waals surface area contributed by atoms with Crippen molar-refractivity contribution in [2.75, 3.05) is 6.54 Å². The summed E-state index contributed by atoms with van der Waals surface area (Å²) in [5.74, 6) is -1.64. The van der Waals surface area contributed by atoms with Gasteiger partial charge in [-0.2, -0.15) is 0 Å². The third kappa shape index (κ3) is 3.37. The molecule has 1 aromatic carbocycles. The highest BCUT2D eigenvalue weighted by atomic mass is 16.5. The number of aryl methyl sites for hydroxylation is 2. The molecule has 0 aliphatic carbocycles. The summed E-state index contributed by atoms with van der Waals surface area (Å²) >= 11 is 0. The first-order valence-corrected chi connectivity index (χ1v) is 9.74. The van der Waals surface area contributed by atoms with Crippen molar-refractivity contribution >= 4 is 23.0 Å². The van der Waals surface area contributed by atoms with Crippen LogP contribution in [-0.2, 0) is 4.79 Å². The number of pyridine rings is 1. The molecule has 3 heterocycles. The van der Waals surface area contributed by atoms with Crippen LogP contribution in [0.25, 0.3) is 22.4 Å². The second-order valence-corrected chi connectivity index (χ2v) is 7.70. The van der Waals surface area contributed by atoms with Crippen molar-refractivity contribution in [3.05, 3.63) is 47.2 Å². The number of aromatic nitrogens is 2. The van der Waals surface area contributed by atoms with E-state index < -0.39 is 11.9 Å². The molecule has 7 nitrogen and oxygen atoms in total. The molecule has 29 heavy (non-hydrogen) atoms. The standard InChI is InChI=1S/C22H23N3O4/c1-12-6-8-15(9-7-12)18-11-17(19-13(2)24-29-20(19)23-18)21(26)25-10-4-5-16(14(25)3)22(27)28/h6-9,11,14,16H,4-5,10H2,1-3H3,(H,27,28)/t14-,16-/m1/s1. The Labute approximate surface area is 168 Å². The quantitative estimate of drug-likeness (QED) is 0.726. The minimum atomic E-state index is -0.864. The van der Waals surface area contributed by atoms with Crippen LogP contribution >= 0.6 is 0 Å². The van der Waals surface area contributed by atoms with Gasteiger partial charge >= 0.3 is 5.97 Å². The van der Waals surface area contributed by atoms with Gasteiger partial charge < -0.3 is 14.5 Å². The fraction of sp³-hybridized carbons (Fsp3) is 0.364. The highest BCUT2D eigenvalue weighted by molar-refractivity contribution is 6.07. The number of likely N-dealkylation sites (tertiary alicyclic amines) is 1. The van der Waals surface area contributed by atoms with Gasteiger partial charge in [-0.05, 0) is 39.7 Å². The maximum absolute atomic E-state index is 13.5. The lowest BCUT2D eigenvalue weighted by Gasteiger charge is -2.37. The Morgan fingerprint density at radius 2 is 1.93 bits per heavy atom. The fourth-order valence-corrected chi connectivity index (χ4v) is 4.05. The van der Waals surface area contributed by atoms with Crippen molar-refractivity contribution in [3.63, 3.8) is 0 Å². The molecule has 1 N–H and O–H groups in total. The molecular weight excluding hydrogens is 370 g/mol. The molecule has 1 fully saturated rings. The number of piperidine rings is 1. The van der Waals surface area contributed by atoms with Gasteiger partial charge in [0.2, 0.25) is 0 Å². The Kier molecular flexibility index (Phi) is 4.82. The molecule has 0 spiro atoms. The van der Waals surface area contributed by atoms with E-state index in [1.54, 1.807) is 24.8 Å². The zero-order valence-electron chi connectivity index (χ0n) is 16.7. The van der Waals surface area contributed by atoms with E-state index >= 15 is 0 Å². The Hall–Kier alpha value is -3.22. The molecule has 3 aromatic rings. The van der Waals surface area contributed by atoms with Crippen LogP contribution in [0.5, 0.6) is 0 Å². The van der Waals surface area contributed by atoms with E-state index in [1.807, 2.05) is 31.2 Å². The third-order valence-corrected chi connectivity index (χ3v) is 5.76. The number of fused-ring (bicyclic) bond motifs is 1. The van der Waals surface area contributed by atoms with Gasteiger partial charge in [0.1, 0.15) is 0 Å². The number of amides is 1. The molecule has 0 bridgehead atoms. The van der Waals surface area contributed by atoms with E-state index in [4.69, 9.17) is 4.52 Å². The van der Waals surface area contributed by atoms with E-state index in [9.17, 15) is 14.7 Å². The van der Waals surface area contributed by atoms with E-state index in [0.29, 0.717) is 47.4 Å². The first-order valence-electron chi connectivity index (χ1n) is 9.74. The van der Waals surface area contributed by atoms with Gasteiger partial charge in [0.25, 0.3) is 11.6 Å². The molecule has 0 unspecified atom stereocenters. The smallest absolute Gasteiger partial charge is 0.308 e. The molecule has 0 radical (unpaired) electrons. The van der Waals surface area contributed by atoms with Crippen LogP contribution in [0, 0.1) is 19.8 Å². The molecule has 4 rings (SSSR count). The molecule has 0 saturated carbocycles. The fourth-order valence-electron chi connectivity index (χ4n) is 4.05. The van der Waals surface area contributed by atoms with Crippen LogP contribution in [0.2, 0.25) is 0 Å². The Morgan fingerprint density at radius 3 is 2.62 bits per heavy atom. The number of rotatable bonds is 3. The summed E-state index contributed by atoms with van der Waals surface area (Å²) < 4.78 is 5.37. The predicted molar refractivity (Wildman–Crippen MR) is 108 cm³/mol. The van der Waals surface area contributed by atoms with Gasteiger partial charge in [0.05, 0.1) is 28.3 Å². The summed E-state index contributed by atoms with van der Waals surface area (Å²) in [5.41, 5.74) is 3.96. The summed E-state index contributed by atoms with van der Waals surface area (Å²) in [7, 11) is 0. The van der Waals surface area contributed by atoms with E-state index in [1.165, 1.54) is 0 Å². The van der Waals surface area contributed by atoms with Crippen LogP contribution in [0.1, 0.15) is 41.4 Å². The van der Waals surface area contributed by atoms with Crippen molar-refractivity contribution in [2.45, 2.75) is 39.7 Å². The summed E-state index contributed by atoms with van der Waals surface area (Å²) in [6.45, 7) is 6.11. The first kappa shape index (κ1) is 19.1. The average Bonchev–Trinajstić information content (AvgIpc) is 3.08. The van der Waals surface area contributed by atoms with E-state index in [-0.39, 0.29) is 11.9 Å². The molecule has 1 aliphatic heterocycles. The lowest BCUT2D eigenvalue weighted by molar-refractivity contribution is -0.144. The molecule has 2 atom stereocenters. The highest BCUT2D eigenvalue weighted by Crippen LogP contribution is 2.31.